The average molecular weight is 436 g/mol. The standard InChI is InChI=1S/C20H29N5O2S2/c1-20(2,3)23-19(28)24-12-15(13-24)29(26,27)25-9-6-14(7-10-25)17-11-22-18-16(17)5-4-8-21-18/h4-5,8,11,14-15H,6-7,9-10,12-13H2,1-3H3,(H,21,22)(H,23,28). The Morgan fingerprint density at radius 3 is 2.62 bits per heavy atom. The summed E-state index contributed by atoms with van der Waals surface area (Å²) in [6.07, 6.45) is 5.48. The maximum Gasteiger partial charge on any atom is 0.220 e. The first-order chi connectivity index (χ1) is 13.6. The minimum absolute atomic E-state index is 0.124. The number of H-pyrrole nitrogens is 1. The van der Waals surface area contributed by atoms with Crippen molar-refractivity contribution in [3.63, 3.8) is 0 Å². The van der Waals surface area contributed by atoms with E-state index in [4.69, 9.17) is 12.2 Å². The topological polar surface area (TPSA) is 81.3 Å². The van der Waals surface area contributed by atoms with Gasteiger partial charge in [-0.3, -0.25) is 0 Å². The van der Waals surface area contributed by atoms with Crippen molar-refractivity contribution < 1.29 is 8.42 Å². The van der Waals surface area contributed by atoms with E-state index in [9.17, 15) is 8.42 Å². The van der Waals surface area contributed by atoms with E-state index in [2.05, 4.69) is 21.4 Å². The van der Waals surface area contributed by atoms with Gasteiger partial charge in [-0.2, -0.15) is 0 Å². The summed E-state index contributed by atoms with van der Waals surface area (Å²) < 4.78 is 27.8. The van der Waals surface area contributed by atoms with E-state index in [0.717, 1.165) is 23.9 Å². The number of rotatable bonds is 3. The molecule has 2 fully saturated rings. The van der Waals surface area contributed by atoms with Gasteiger partial charge in [-0.15, -0.1) is 0 Å². The number of aromatic amines is 1. The van der Waals surface area contributed by atoms with Crippen molar-refractivity contribution in [1.82, 2.24) is 24.5 Å². The summed E-state index contributed by atoms with van der Waals surface area (Å²) in [5.74, 6) is 0.362. The first-order valence-electron chi connectivity index (χ1n) is 10.1. The maximum absolute atomic E-state index is 13.0. The quantitative estimate of drug-likeness (QED) is 0.721. The van der Waals surface area contributed by atoms with Crippen LogP contribution in [0.25, 0.3) is 11.0 Å². The van der Waals surface area contributed by atoms with Gasteiger partial charge in [0, 0.05) is 49.5 Å². The summed E-state index contributed by atoms with van der Waals surface area (Å²) in [5, 5.41) is 4.66. The van der Waals surface area contributed by atoms with Gasteiger partial charge >= 0.3 is 0 Å². The molecular weight excluding hydrogens is 406 g/mol. The average Bonchev–Trinajstić information content (AvgIpc) is 3.03. The highest BCUT2D eigenvalue weighted by Crippen LogP contribution is 2.34. The van der Waals surface area contributed by atoms with Gasteiger partial charge in [0.2, 0.25) is 10.0 Å². The van der Waals surface area contributed by atoms with Crippen molar-refractivity contribution in [2.24, 2.45) is 0 Å². The van der Waals surface area contributed by atoms with Crippen molar-refractivity contribution in [1.29, 1.82) is 0 Å². The van der Waals surface area contributed by atoms with Crippen LogP contribution in [-0.4, -0.2) is 69.7 Å². The van der Waals surface area contributed by atoms with E-state index in [0.29, 0.717) is 37.2 Å². The van der Waals surface area contributed by atoms with Crippen molar-refractivity contribution in [3.05, 3.63) is 30.1 Å². The molecule has 4 heterocycles. The van der Waals surface area contributed by atoms with Crippen LogP contribution in [0.3, 0.4) is 0 Å². The fourth-order valence-electron chi connectivity index (χ4n) is 4.14. The van der Waals surface area contributed by atoms with Gasteiger partial charge in [-0.05, 0) is 69.4 Å². The van der Waals surface area contributed by atoms with Gasteiger partial charge in [0.15, 0.2) is 5.11 Å². The fraction of sp³-hybridized carbons (Fsp3) is 0.600. The molecule has 0 bridgehead atoms. The van der Waals surface area contributed by atoms with Crippen LogP contribution in [0.1, 0.15) is 45.1 Å². The lowest BCUT2D eigenvalue weighted by Crippen LogP contribution is -2.63. The first kappa shape index (κ1) is 20.6. The van der Waals surface area contributed by atoms with Crippen molar-refractivity contribution in [2.45, 2.75) is 50.3 Å². The molecule has 2 aromatic rings. The summed E-state index contributed by atoms with van der Waals surface area (Å²) >= 11 is 5.41. The Labute approximate surface area is 177 Å². The summed E-state index contributed by atoms with van der Waals surface area (Å²) in [7, 11) is -3.29. The number of sulfonamides is 1. The first-order valence-corrected chi connectivity index (χ1v) is 12.0. The highest BCUT2D eigenvalue weighted by atomic mass is 32.2. The van der Waals surface area contributed by atoms with Crippen molar-refractivity contribution >= 4 is 38.4 Å². The molecule has 2 aromatic heterocycles. The minimum atomic E-state index is -3.29. The van der Waals surface area contributed by atoms with Crippen LogP contribution in [0.5, 0.6) is 0 Å². The Hall–Kier alpha value is -1.71. The summed E-state index contributed by atoms with van der Waals surface area (Å²) in [6, 6.07) is 4.02. The zero-order valence-corrected chi connectivity index (χ0v) is 18.8. The second kappa shape index (κ2) is 7.52. The highest BCUT2D eigenvalue weighted by molar-refractivity contribution is 7.89. The van der Waals surface area contributed by atoms with Crippen LogP contribution >= 0.6 is 12.2 Å². The third-order valence-corrected chi connectivity index (χ3v) is 8.36. The molecule has 158 valence electrons. The number of piperidine rings is 1. The molecule has 2 aliphatic rings. The van der Waals surface area contributed by atoms with E-state index in [1.165, 1.54) is 5.56 Å². The number of aromatic nitrogens is 2. The Bertz CT molecular complexity index is 997. The molecule has 0 amide bonds. The number of hydrogen-bond acceptors (Lipinski definition) is 4. The van der Waals surface area contributed by atoms with Gasteiger partial charge in [0.05, 0.1) is 0 Å². The van der Waals surface area contributed by atoms with Gasteiger partial charge in [0.1, 0.15) is 10.9 Å². The van der Waals surface area contributed by atoms with Gasteiger partial charge in [0.25, 0.3) is 0 Å². The van der Waals surface area contributed by atoms with E-state index in [1.54, 1.807) is 10.5 Å². The Morgan fingerprint density at radius 2 is 1.97 bits per heavy atom. The van der Waals surface area contributed by atoms with Crippen molar-refractivity contribution in [3.8, 4) is 0 Å². The molecule has 29 heavy (non-hydrogen) atoms. The lowest BCUT2D eigenvalue weighted by atomic mass is 9.90. The Kier molecular flexibility index (Phi) is 5.33. The Morgan fingerprint density at radius 1 is 1.28 bits per heavy atom. The van der Waals surface area contributed by atoms with Gasteiger partial charge < -0.3 is 15.2 Å². The minimum Gasteiger partial charge on any atom is -0.358 e. The van der Waals surface area contributed by atoms with Crippen LogP contribution in [-0.2, 0) is 10.0 Å². The maximum atomic E-state index is 13.0. The predicted octanol–water partition coefficient (Wildman–Crippen LogP) is 2.43. The molecule has 0 aromatic carbocycles. The molecule has 0 radical (unpaired) electrons. The number of fused-ring (bicyclic) bond motifs is 1. The third-order valence-electron chi connectivity index (χ3n) is 5.78. The molecule has 0 atom stereocenters. The van der Waals surface area contributed by atoms with E-state index >= 15 is 0 Å². The van der Waals surface area contributed by atoms with Crippen LogP contribution in [0.2, 0.25) is 0 Å². The molecule has 0 spiro atoms. The second-order valence-electron chi connectivity index (χ2n) is 9.07. The second-order valence-corrected chi connectivity index (χ2v) is 11.7. The molecule has 7 nitrogen and oxygen atoms in total. The van der Waals surface area contributed by atoms with E-state index in [-0.39, 0.29) is 10.8 Å². The number of nitrogens with one attached hydrogen (secondary N) is 2. The molecule has 2 N–H and O–H groups in total. The highest BCUT2D eigenvalue weighted by Gasteiger charge is 2.43. The lowest BCUT2D eigenvalue weighted by Gasteiger charge is -2.44. The smallest absolute Gasteiger partial charge is 0.220 e. The summed E-state index contributed by atoms with van der Waals surface area (Å²) in [4.78, 5) is 9.52. The molecule has 0 unspecified atom stereocenters. The summed E-state index contributed by atoms with van der Waals surface area (Å²) in [5.41, 5.74) is 2.02. The Balaban J connectivity index is 1.34. The van der Waals surface area contributed by atoms with Crippen LogP contribution in [0.4, 0.5) is 0 Å². The SMILES string of the molecule is CC(C)(C)NC(=S)N1CC(S(=O)(=O)N2CCC(c3c[nH]c4ncccc34)CC2)C1. The molecule has 0 saturated carbocycles. The van der Waals surface area contributed by atoms with Crippen LogP contribution in [0.15, 0.2) is 24.5 Å². The van der Waals surface area contributed by atoms with E-state index in [1.807, 2.05) is 37.9 Å². The largest absolute Gasteiger partial charge is 0.358 e. The summed E-state index contributed by atoms with van der Waals surface area (Å²) in [6.45, 7) is 8.21. The molecule has 2 aliphatic heterocycles. The predicted molar refractivity (Wildman–Crippen MR) is 119 cm³/mol. The molecule has 9 heteroatoms. The van der Waals surface area contributed by atoms with Crippen molar-refractivity contribution in [2.75, 3.05) is 26.2 Å². The number of pyridine rings is 1. The lowest BCUT2D eigenvalue weighted by molar-refractivity contribution is 0.263. The number of likely N-dealkylation sites (tertiary alicyclic amines) is 1. The molecule has 2 saturated heterocycles. The molecule has 4 rings (SSSR count). The fourth-order valence-corrected chi connectivity index (χ4v) is 6.47. The normalized spacial score (nSPS) is 20.0. The number of hydrogen-bond donors (Lipinski definition) is 2. The van der Waals surface area contributed by atoms with Gasteiger partial charge in [-0.1, -0.05) is 0 Å². The molecule has 0 aliphatic carbocycles. The zero-order valence-electron chi connectivity index (χ0n) is 17.2. The number of thiocarbonyl (C=S) groups is 1. The van der Waals surface area contributed by atoms with Crippen LogP contribution < -0.4 is 5.32 Å². The van der Waals surface area contributed by atoms with E-state index < -0.39 is 10.0 Å². The van der Waals surface area contributed by atoms with Gasteiger partial charge in [-0.25, -0.2) is 17.7 Å². The van der Waals surface area contributed by atoms with Crippen LogP contribution in [0, 0.1) is 0 Å². The zero-order chi connectivity index (χ0) is 20.8. The number of nitrogens with zero attached hydrogens (tertiary/aromatic N) is 3. The monoisotopic (exact) mass is 435 g/mol. The third kappa shape index (κ3) is 4.13. The molecular formula is C20H29N5O2S2.